The molecular weight excluding hydrogens is 386 g/mol. The molecule has 1 aliphatic heterocycles. The Morgan fingerprint density at radius 3 is 2.50 bits per heavy atom. The molecule has 0 radical (unpaired) electrons. The Balaban J connectivity index is 1.62. The summed E-state index contributed by atoms with van der Waals surface area (Å²) >= 11 is 1.86. The number of thiazole rings is 1. The second kappa shape index (κ2) is 8.52. The lowest BCUT2D eigenvalue weighted by Crippen LogP contribution is -2.48. The minimum atomic E-state index is 0.453. The normalized spacial score (nSPS) is 15.2. The zero-order chi connectivity index (χ0) is 21.4. The van der Waals surface area contributed by atoms with Gasteiger partial charge in [0.05, 0.1) is 9.88 Å². The van der Waals surface area contributed by atoms with E-state index < -0.39 is 0 Å². The number of allylic oxidation sites excluding steroid dienone is 1. The number of hydrogen-bond acceptors (Lipinski definition) is 4. The summed E-state index contributed by atoms with van der Waals surface area (Å²) in [5.74, 6) is 1.04. The molecule has 0 spiro atoms. The van der Waals surface area contributed by atoms with Crippen LogP contribution < -0.4 is 0 Å². The average Bonchev–Trinajstić information content (AvgIpc) is 3.15. The molecule has 1 fully saturated rings. The number of aromatic nitrogens is 1. The molecule has 4 rings (SSSR count). The summed E-state index contributed by atoms with van der Waals surface area (Å²) in [5, 5.41) is 3.91. The van der Waals surface area contributed by atoms with Crippen LogP contribution in [0.15, 0.2) is 54.9 Å². The number of nitrogens with zero attached hydrogens (tertiary/aromatic N) is 3. The van der Waals surface area contributed by atoms with Crippen molar-refractivity contribution in [3.8, 4) is 10.4 Å². The molecular formula is C26H33N3S. The number of likely N-dealkylation sites (tertiary alicyclic amines) is 1. The van der Waals surface area contributed by atoms with Gasteiger partial charge in [0, 0.05) is 56.1 Å². The van der Waals surface area contributed by atoms with Crippen LogP contribution in [0, 0.1) is 5.92 Å². The fourth-order valence-corrected chi connectivity index (χ4v) is 5.24. The Bertz CT molecular complexity index is 1040. The Labute approximate surface area is 185 Å². The minimum absolute atomic E-state index is 0.453. The molecule has 2 heterocycles. The molecule has 1 aliphatic rings. The first-order valence-electron chi connectivity index (χ1n) is 11.0. The summed E-state index contributed by atoms with van der Waals surface area (Å²) in [6, 6.07) is 14.0. The number of fused-ring (bicyclic) bond motifs is 1. The molecule has 0 unspecified atom stereocenters. The van der Waals surface area contributed by atoms with Crippen molar-refractivity contribution in [3.05, 3.63) is 65.4 Å². The van der Waals surface area contributed by atoms with Crippen LogP contribution in [-0.4, -0.2) is 41.0 Å². The van der Waals surface area contributed by atoms with Crippen LogP contribution >= 0.6 is 11.3 Å². The van der Waals surface area contributed by atoms with Crippen molar-refractivity contribution in [2.75, 3.05) is 20.1 Å². The zero-order valence-electron chi connectivity index (χ0n) is 18.9. The second-order valence-electron chi connectivity index (χ2n) is 9.13. The lowest BCUT2D eigenvalue weighted by molar-refractivity contribution is 0.110. The predicted octanol–water partition coefficient (Wildman–Crippen LogP) is 6.37. The summed E-state index contributed by atoms with van der Waals surface area (Å²) in [6.07, 6.45) is 2.08. The highest BCUT2D eigenvalue weighted by Crippen LogP contribution is 2.38. The monoisotopic (exact) mass is 419 g/mol. The van der Waals surface area contributed by atoms with Gasteiger partial charge in [0.15, 0.2) is 0 Å². The molecule has 1 aromatic heterocycles. The predicted molar refractivity (Wildman–Crippen MR) is 130 cm³/mol. The van der Waals surface area contributed by atoms with Crippen molar-refractivity contribution in [3.63, 3.8) is 0 Å². The molecule has 4 heteroatoms. The second-order valence-corrected chi connectivity index (χ2v) is 10.2. The highest BCUT2D eigenvalue weighted by Gasteiger charge is 2.31. The molecule has 0 N–H and O–H groups in total. The fraction of sp³-hybridized carbons (Fsp3) is 0.423. The van der Waals surface area contributed by atoms with Crippen LogP contribution in [0.1, 0.15) is 44.2 Å². The summed E-state index contributed by atoms with van der Waals surface area (Å²) in [6.45, 7) is 16.3. The molecule has 0 bridgehead atoms. The van der Waals surface area contributed by atoms with Gasteiger partial charge in [-0.2, -0.15) is 0 Å². The van der Waals surface area contributed by atoms with Gasteiger partial charge in [-0.3, -0.25) is 4.90 Å². The van der Waals surface area contributed by atoms with Crippen molar-refractivity contribution in [2.45, 2.75) is 46.2 Å². The quantitative estimate of drug-likeness (QED) is 0.443. The first-order chi connectivity index (χ1) is 14.3. The van der Waals surface area contributed by atoms with Crippen LogP contribution in [0.4, 0.5) is 0 Å². The minimum Gasteiger partial charge on any atom is -0.374 e. The topological polar surface area (TPSA) is 19.4 Å². The molecule has 2 aromatic carbocycles. The summed E-state index contributed by atoms with van der Waals surface area (Å²) in [5.41, 5.74) is 3.81. The Hall–Kier alpha value is -2.17. The Kier molecular flexibility index (Phi) is 5.99. The lowest BCUT2D eigenvalue weighted by atomic mass is 9.98. The number of hydrogen-bond donors (Lipinski definition) is 0. The largest absolute Gasteiger partial charge is 0.374 e. The third-order valence-corrected chi connectivity index (χ3v) is 7.55. The number of benzene rings is 2. The van der Waals surface area contributed by atoms with Gasteiger partial charge >= 0.3 is 0 Å². The maximum absolute atomic E-state index is 4.80. The molecule has 0 aliphatic carbocycles. The van der Waals surface area contributed by atoms with E-state index >= 15 is 0 Å². The van der Waals surface area contributed by atoms with Crippen molar-refractivity contribution in [1.29, 1.82) is 0 Å². The van der Waals surface area contributed by atoms with Crippen LogP contribution in [0.2, 0.25) is 0 Å². The summed E-state index contributed by atoms with van der Waals surface area (Å²) in [4.78, 5) is 10.9. The van der Waals surface area contributed by atoms with Crippen LogP contribution in [0.5, 0.6) is 0 Å². The van der Waals surface area contributed by atoms with Gasteiger partial charge in [0.1, 0.15) is 0 Å². The van der Waals surface area contributed by atoms with E-state index in [1.807, 2.05) is 11.3 Å². The summed E-state index contributed by atoms with van der Waals surface area (Å²) in [7, 11) is 2.14. The van der Waals surface area contributed by atoms with E-state index in [0.717, 1.165) is 19.6 Å². The summed E-state index contributed by atoms with van der Waals surface area (Å²) < 4.78 is 0. The molecule has 30 heavy (non-hydrogen) atoms. The van der Waals surface area contributed by atoms with Gasteiger partial charge in [-0.25, -0.2) is 4.98 Å². The third kappa shape index (κ3) is 4.03. The van der Waals surface area contributed by atoms with Crippen molar-refractivity contribution < 1.29 is 0 Å². The SMILES string of the molecule is C=C(C(C)C)N(C)Cc1ccc(-c2cnc(C3CN(C(C)C)C3)s2)c2ccccc12. The molecule has 3 aromatic rings. The van der Waals surface area contributed by atoms with Gasteiger partial charge in [-0.15, -0.1) is 11.3 Å². The van der Waals surface area contributed by atoms with Crippen molar-refractivity contribution in [2.24, 2.45) is 5.92 Å². The maximum atomic E-state index is 4.80. The first-order valence-corrected chi connectivity index (χ1v) is 11.8. The number of rotatable bonds is 7. The van der Waals surface area contributed by atoms with Crippen LogP contribution in [0.25, 0.3) is 21.2 Å². The van der Waals surface area contributed by atoms with E-state index in [1.54, 1.807) is 0 Å². The van der Waals surface area contributed by atoms with Gasteiger partial charge in [-0.05, 0) is 36.1 Å². The van der Waals surface area contributed by atoms with E-state index in [2.05, 4.69) is 93.7 Å². The highest BCUT2D eigenvalue weighted by atomic mass is 32.1. The zero-order valence-corrected chi connectivity index (χ0v) is 19.7. The van der Waals surface area contributed by atoms with E-state index in [4.69, 9.17) is 4.98 Å². The molecule has 3 nitrogen and oxygen atoms in total. The van der Waals surface area contributed by atoms with E-state index in [-0.39, 0.29) is 0 Å². The van der Waals surface area contributed by atoms with Crippen LogP contribution in [-0.2, 0) is 6.54 Å². The highest BCUT2D eigenvalue weighted by molar-refractivity contribution is 7.15. The molecule has 0 atom stereocenters. The maximum Gasteiger partial charge on any atom is 0.0987 e. The molecule has 0 amide bonds. The van der Waals surface area contributed by atoms with E-state index in [1.165, 1.54) is 37.5 Å². The van der Waals surface area contributed by atoms with E-state index in [9.17, 15) is 0 Å². The van der Waals surface area contributed by atoms with Crippen molar-refractivity contribution >= 4 is 22.1 Å². The van der Waals surface area contributed by atoms with E-state index in [0.29, 0.717) is 17.9 Å². The van der Waals surface area contributed by atoms with Crippen molar-refractivity contribution in [1.82, 2.24) is 14.8 Å². The molecule has 158 valence electrons. The van der Waals surface area contributed by atoms with Gasteiger partial charge in [0.2, 0.25) is 0 Å². The molecule has 0 saturated carbocycles. The van der Waals surface area contributed by atoms with Gasteiger partial charge in [-0.1, -0.05) is 56.8 Å². The lowest BCUT2D eigenvalue weighted by Gasteiger charge is -2.41. The Morgan fingerprint density at radius 1 is 1.13 bits per heavy atom. The Morgan fingerprint density at radius 2 is 1.83 bits per heavy atom. The first kappa shape index (κ1) is 21.1. The van der Waals surface area contributed by atoms with Gasteiger partial charge < -0.3 is 4.90 Å². The smallest absolute Gasteiger partial charge is 0.0987 e. The van der Waals surface area contributed by atoms with Crippen LogP contribution in [0.3, 0.4) is 0 Å². The fourth-order valence-electron chi connectivity index (χ4n) is 4.20. The average molecular weight is 420 g/mol. The molecule has 1 saturated heterocycles. The standard InChI is InChI=1S/C26H33N3S/c1-17(2)19(5)28(6)14-20-11-12-24(23-10-8-7-9-22(20)23)25-13-27-26(30-25)21-15-29(16-21)18(3)4/h7-13,17-18,21H,5,14-16H2,1-4,6H3. The van der Waals surface area contributed by atoms with Gasteiger partial charge in [0.25, 0.3) is 0 Å². The third-order valence-electron chi connectivity index (χ3n) is 6.36.